The molecule has 20 heavy (non-hydrogen) atoms. The Hall–Kier alpha value is -0.770. The zero-order chi connectivity index (χ0) is 15.1. The maximum absolute atomic E-state index is 12.3. The second-order valence-electron chi connectivity index (χ2n) is 5.89. The van der Waals surface area contributed by atoms with E-state index < -0.39 is 16.9 Å². The van der Waals surface area contributed by atoms with E-state index >= 15 is 0 Å². The third-order valence-electron chi connectivity index (χ3n) is 3.92. The minimum absolute atomic E-state index is 0.0000174. The minimum Gasteiger partial charge on any atom is -0.371 e. The Bertz CT molecular complexity index is 571. The number of aromatic nitrogens is 1. The Morgan fingerprint density at radius 2 is 2.20 bits per heavy atom. The minimum atomic E-state index is -0.654. The van der Waals surface area contributed by atoms with Crippen LogP contribution in [0.5, 0.6) is 0 Å². The van der Waals surface area contributed by atoms with Gasteiger partial charge >= 0.3 is 0 Å². The van der Waals surface area contributed by atoms with Crippen LogP contribution < -0.4 is 0 Å². The van der Waals surface area contributed by atoms with E-state index in [1.54, 1.807) is 7.11 Å². The summed E-state index contributed by atoms with van der Waals surface area (Å²) >= 11 is 5.00. The molecule has 0 N–H and O–H groups in total. The molecule has 1 heterocycles. The highest BCUT2D eigenvalue weighted by Crippen LogP contribution is 2.50. The predicted molar refractivity (Wildman–Crippen MR) is 80.4 cm³/mol. The van der Waals surface area contributed by atoms with Gasteiger partial charge in [0.05, 0.1) is 15.5 Å². The number of hydrogen-bond donors (Lipinski definition) is 0. The lowest BCUT2D eigenvalue weighted by molar-refractivity contribution is -0.148. The van der Waals surface area contributed by atoms with Crippen LogP contribution in [0.3, 0.4) is 0 Å². The van der Waals surface area contributed by atoms with Gasteiger partial charge in [-0.15, -0.1) is 11.3 Å². The smallest absolute Gasteiger partial charge is 0.155 e. The maximum atomic E-state index is 12.3. The molecule has 0 bridgehead atoms. The van der Waals surface area contributed by atoms with Gasteiger partial charge in [0.1, 0.15) is 16.5 Å². The molecule has 6 heteroatoms. The van der Waals surface area contributed by atoms with E-state index in [-0.39, 0.29) is 5.78 Å². The molecule has 108 valence electrons. The van der Waals surface area contributed by atoms with Crippen molar-refractivity contribution in [1.82, 2.24) is 4.98 Å². The Kier molecular flexibility index (Phi) is 4.07. The maximum Gasteiger partial charge on any atom is 0.155 e. The van der Waals surface area contributed by atoms with E-state index in [0.29, 0.717) is 12.8 Å². The normalized spacial score (nSPS) is 29.2. The molecule has 2 atom stereocenters. The number of carbonyl (C=O) groups is 1. The van der Waals surface area contributed by atoms with Crippen molar-refractivity contribution < 1.29 is 9.53 Å². The second-order valence-corrected chi connectivity index (χ2v) is 8.20. The Balaban J connectivity index is 2.50. The molecular weight excluding hydrogens is 340 g/mol. The summed E-state index contributed by atoms with van der Waals surface area (Å²) in [5.74, 6) is -0.637. The summed E-state index contributed by atoms with van der Waals surface area (Å²) in [6, 6.07) is 2.13. The molecule has 1 saturated carbocycles. The van der Waals surface area contributed by atoms with Crippen LogP contribution in [0, 0.1) is 29.6 Å². The summed E-state index contributed by atoms with van der Waals surface area (Å²) in [5, 5.41) is 10.1. The number of rotatable bonds is 2. The topological polar surface area (TPSA) is 63.0 Å². The SMILES string of the molecule is COC1(c2nc(C)c(Br)s2)CC(C#N)C(=O)C(C)(C)C1. The van der Waals surface area contributed by atoms with Crippen LogP contribution in [0.1, 0.15) is 37.4 Å². The standard InChI is InChI=1S/C14H17BrN2O2S/c1-8-11(15)20-12(17-8)14(19-4)5-9(6-16)10(18)13(2,3)7-14/h9H,5,7H2,1-4H3. The van der Waals surface area contributed by atoms with Crippen molar-refractivity contribution in [3.8, 4) is 6.07 Å². The lowest BCUT2D eigenvalue weighted by atomic mass is 9.64. The summed E-state index contributed by atoms with van der Waals surface area (Å²) < 4.78 is 6.74. The zero-order valence-corrected chi connectivity index (χ0v) is 14.4. The van der Waals surface area contributed by atoms with E-state index in [0.717, 1.165) is 14.5 Å². The second kappa shape index (κ2) is 5.21. The van der Waals surface area contributed by atoms with Crippen molar-refractivity contribution in [2.75, 3.05) is 7.11 Å². The number of Topliss-reactive ketones (excluding diaryl/α,β-unsaturated/α-hetero) is 1. The molecule has 2 unspecified atom stereocenters. The van der Waals surface area contributed by atoms with Crippen molar-refractivity contribution in [2.24, 2.45) is 11.3 Å². The highest BCUT2D eigenvalue weighted by Gasteiger charge is 2.52. The van der Waals surface area contributed by atoms with E-state index in [2.05, 4.69) is 27.0 Å². The van der Waals surface area contributed by atoms with Crippen LogP contribution in [0.4, 0.5) is 0 Å². The van der Waals surface area contributed by atoms with E-state index in [4.69, 9.17) is 4.74 Å². The molecule has 0 spiro atoms. The number of hydrogen-bond acceptors (Lipinski definition) is 5. The lowest BCUT2D eigenvalue weighted by Gasteiger charge is -2.43. The fourth-order valence-electron chi connectivity index (χ4n) is 2.85. The van der Waals surface area contributed by atoms with E-state index in [1.165, 1.54) is 11.3 Å². The predicted octanol–water partition coefficient (Wildman–Crippen LogP) is 3.58. The van der Waals surface area contributed by atoms with Crippen molar-refractivity contribution in [3.63, 3.8) is 0 Å². The zero-order valence-electron chi connectivity index (χ0n) is 12.0. The fraction of sp³-hybridized carbons (Fsp3) is 0.643. The molecule has 4 nitrogen and oxygen atoms in total. The molecule has 0 radical (unpaired) electrons. The van der Waals surface area contributed by atoms with Gasteiger partial charge in [-0.25, -0.2) is 4.98 Å². The lowest BCUT2D eigenvalue weighted by Crippen LogP contribution is -2.47. The number of nitrogens with zero attached hydrogens (tertiary/aromatic N) is 2. The molecule has 1 aromatic rings. The van der Waals surface area contributed by atoms with Gasteiger partial charge in [-0.05, 0) is 29.3 Å². The van der Waals surface area contributed by atoms with Crippen molar-refractivity contribution in [2.45, 2.75) is 39.2 Å². The monoisotopic (exact) mass is 356 g/mol. The average molecular weight is 357 g/mol. The van der Waals surface area contributed by atoms with Gasteiger partial charge in [-0.3, -0.25) is 4.79 Å². The quantitative estimate of drug-likeness (QED) is 0.812. The van der Waals surface area contributed by atoms with Crippen LogP contribution in [0.25, 0.3) is 0 Å². The molecular formula is C14H17BrN2O2S. The van der Waals surface area contributed by atoms with Crippen LogP contribution in [-0.4, -0.2) is 17.9 Å². The molecule has 1 aliphatic rings. The molecule has 0 aromatic carbocycles. The van der Waals surface area contributed by atoms with E-state index in [9.17, 15) is 10.1 Å². The summed E-state index contributed by atoms with van der Waals surface area (Å²) in [6.45, 7) is 5.68. The van der Waals surface area contributed by atoms with Crippen LogP contribution >= 0.6 is 27.3 Å². The van der Waals surface area contributed by atoms with Crippen LogP contribution in [0.2, 0.25) is 0 Å². The number of nitriles is 1. The highest BCUT2D eigenvalue weighted by atomic mass is 79.9. The number of ketones is 1. The first-order chi connectivity index (χ1) is 9.25. The van der Waals surface area contributed by atoms with E-state index in [1.807, 2.05) is 20.8 Å². The van der Waals surface area contributed by atoms with Crippen molar-refractivity contribution >= 4 is 33.0 Å². The number of halogens is 1. The van der Waals surface area contributed by atoms with Crippen molar-refractivity contribution in [3.05, 3.63) is 14.5 Å². The summed E-state index contributed by atoms with van der Waals surface area (Å²) in [4.78, 5) is 16.8. The molecule has 1 aliphatic carbocycles. The van der Waals surface area contributed by atoms with Gasteiger partial charge in [0.15, 0.2) is 5.78 Å². The number of methoxy groups -OCH3 is 1. The van der Waals surface area contributed by atoms with Gasteiger partial charge in [-0.1, -0.05) is 13.8 Å². The molecule has 0 amide bonds. The van der Waals surface area contributed by atoms with Crippen LogP contribution in [0.15, 0.2) is 3.79 Å². The van der Waals surface area contributed by atoms with Gasteiger partial charge < -0.3 is 4.74 Å². The largest absolute Gasteiger partial charge is 0.371 e. The first-order valence-electron chi connectivity index (χ1n) is 6.38. The number of thiazole rings is 1. The average Bonchev–Trinajstić information content (AvgIpc) is 2.73. The van der Waals surface area contributed by atoms with Gasteiger partial charge in [-0.2, -0.15) is 5.26 Å². The molecule has 2 rings (SSSR count). The first kappa shape index (κ1) is 15.6. The Labute approximate surface area is 131 Å². The fourth-order valence-corrected chi connectivity index (χ4v) is 4.37. The van der Waals surface area contributed by atoms with Crippen molar-refractivity contribution in [1.29, 1.82) is 5.26 Å². The molecule has 1 fully saturated rings. The van der Waals surface area contributed by atoms with Gasteiger partial charge in [0, 0.05) is 18.9 Å². The first-order valence-corrected chi connectivity index (χ1v) is 7.99. The number of carbonyl (C=O) groups excluding carboxylic acids is 1. The Morgan fingerprint density at radius 3 is 2.65 bits per heavy atom. The third-order valence-corrected chi connectivity index (χ3v) is 6.11. The number of ether oxygens (including phenoxy) is 1. The van der Waals surface area contributed by atoms with Crippen LogP contribution in [-0.2, 0) is 15.1 Å². The molecule has 1 aromatic heterocycles. The summed E-state index contributed by atoms with van der Waals surface area (Å²) in [5.41, 5.74) is -0.329. The molecule has 0 aliphatic heterocycles. The Morgan fingerprint density at radius 1 is 1.55 bits per heavy atom. The highest BCUT2D eigenvalue weighted by molar-refractivity contribution is 9.11. The number of aryl methyl sites for hydroxylation is 1. The molecule has 0 saturated heterocycles. The van der Waals surface area contributed by atoms with Gasteiger partial charge in [0.2, 0.25) is 0 Å². The van der Waals surface area contributed by atoms with Gasteiger partial charge in [0.25, 0.3) is 0 Å². The third kappa shape index (κ3) is 2.43. The summed E-state index contributed by atoms with van der Waals surface area (Å²) in [7, 11) is 1.63. The summed E-state index contributed by atoms with van der Waals surface area (Å²) in [6.07, 6.45) is 0.925.